The van der Waals surface area contributed by atoms with Gasteiger partial charge in [-0.15, -0.1) is 0 Å². The third-order valence-electron chi connectivity index (χ3n) is 5.93. The Kier molecular flexibility index (Phi) is 6.28. The first-order chi connectivity index (χ1) is 14.1. The predicted octanol–water partition coefficient (Wildman–Crippen LogP) is 3.64. The Balaban J connectivity index is 1.70. The third-order valence-corrected chi connectivity index (χ3v) is 5.93. The van der Waals surface area contributed by atoms with E-state index < -0.39 is 28.7 Å². The number of anilines is 1. The van der Waals surface area contributed by atoms with Crippen LogP contribution >= 0.6 is 0 Å². The number of pyridine rings is 1. The van der Waals surface area contributed by atoms with Gasteiger partial charge in [0.2, 0.25) is 0 Å². The minimum atomic E-state index is -0.768. The summed E-state index contributed by atoms with van der Waals surface area (Å²) < 4.78 is 11.2. The lowest BCUT2D eigenvalue weighted by atomic mass is 9.72. The van der Waals surface area contributed by atoms with Gasteiger partial charge in [-0.25, -0.2) is 0 Å². The van der Waals surface area contributed by atoms with Gasteiger partial charge in [0.1, 0.15) is 12.6 Å². The van der Waals surface area contributed by atoms with Crippen LogP contribution in [0.1, 0.15) is 59.8 Å². The van der Waals surface area contributed by atoms with Gasteiger partial charge in [0.15, 0.2) is 11.9 Å². The van der Waals surface area contributed by atoms with E-state index in [4.69, 9.17) is 9.47 Å². The van der Waals surface area contributed by atoms with E-state index in [9.17, 15) is 19.7 Å². The Bertz CT molecular complexity index is 827. The maximum absolute atomic E-state index is 12.8. The van der Waals surface area contributed by atoms with E-state index in [1.54, 1.807) is 6.92 Å². The van der Waals surface area contributed by atoms with E-state index in [-0.39, 0.29) is 29.6 Å². The van der Waals surface area contributed by atoms with Crippen LogP contribution in [0.3, 0.4) is 0 Å². The fourth-order valence-electron chi connectivity index (χ4n) is 4.10. The molecule has 9 nitrogen and oxygen atoms in total. The maximum atomic E-state index is 12.8. The van der Waals surface area contributed by atoms with Gasteiger partial charge >= 0.3 is 11.8 Å². The van der Waals surface area contributed by atoms with Crippen molar-refractivity contribution in [3.05, 3.63) is 22.2 Å². The largest absolute Gasteiger partial charge is 0.474 e. The number of fused-ring (bicyclic) bond motifs is 1. The number of esters is 1. The molecule has 1 aromatic rings. The van der Waals surface area contributed by atoms with Crippen molar-refractivity contribution in [2.24, 2.45) is 11.3 Å². The zero-order valence-electron chi connectivity index (χ0n) is 17.9. The highest BCUT2D eigenvalue weighted by molar-refractivity contribution is 6.02. The molecule has 30 heavy (non-hydrogen) atoms. The van der Waals surface area contributed by atoms with E-state index in [1.165, 1.54) is 12.1 Å². The molecule has 1 saturated carbocycles. The second kappa shape index (κ2) is 8.57. The molecule has 1 amide bonds. The van der Waals surface area contributed by atoms with Crippen LogP contribution in [-0.4, -0.2) is 40.5 Å². The van der Waals surface area contributed by atoms with Gasteiger partial charge in [-0.05, 0) is 59.4 Å². The molecule has 2 aliphatic rings. The standard InChI is InChI=1S/C21H29N3O6/c1-5-15-20(26)23(19-16(30-15)10-11-17(22-19)24(27)28)12-18(25)29-14-8-6-13(7-9-14)21(2,3)4/h10-11,13-15H,5-9,12H2,1-4H3. The molecule has 1 aromatic heterocycles. The number of carbonyl (C=O) groups is 2. The Morgan fingerprint density at radius 2 is 1.97 bits per heavy atom. The number of aromatic nitrogens is 1. The minimum absolute atomic E-state index is 0.0210. The van der Waals surface area contributed by atoms with Crippen molar-refractivity contribution in [3.8, 4) is 5.75 Å². The van der Waals surface area contributed by atoms with E-state index in [0.29, 0.717) is 12.3 Å². The molecule has 2 heterocycles. The highest BCUT2D eigenvalue weighted by Crippen LogP contribution is 2.39. The summed E-state index contributed by atoms with van der Waals surface area (Å²) in [5.41, 5.74) is 0.231. The lowest BCUT2D eigenvalue weighted by Gasteiger charge is -2.37. The molecule has 0 N–H and O–H groups in total. The summed E-state index contributed by atoms with van der Waals surface area (Å²) in [5, 5.41) is 11.1. The lowest BCUT2D eigenvalue weighted by molar-refractivity contribution is -0.389. The number of nitrogens with zero attached hydrogens (tertiary/aromatic N) is 3. The zero-order chi connectivity index (χ0) is 22.1. The third kappa shape index (κ3) is 4.71. The van der Waals surface area contributed by atoms with Crippen LogP contribution in [0.15, 0.2) is 12.1 Å². The highest BCUT2D eigenvalue weighted by atomic mass is 16.6. The van der Waals surface area contributed by atoms with Crippen molar-refractivity contribution in [1.29, 1.82) is 0 Å². The molecule has 0 saturated heterocycles. The molecule has 0 bridgehead atoms. The molecule has 0 aromatic carbocycles. The zero-order valence-corrected chi connectivity index (χ0v) is 17.9. The topological polar surface area (TPSA) is 112 Å². The summed E-state index contributed by atoms with van der Waals surface area (Å²) in [6.07, 6.45) is 3.03. The Morgan fingerprint density at radius 3 is 2.53 bits per heavy atom. The second-order valence-corrected chi connectivity index (χ2v) is 9.02. The van der Waals surface area contributed by atoms with Gasteiger partial charge < -0.3 is 19.6 Å². The van der Waals surface area contributed by atoms with Crippen LogP contribution in [0.4, 0.5) is 11.6 Å². The van der Waals surface area contributed by atoms with Crippen molar-refractivity contribution in [2.75, 3.05) is 11.4 Å². The molecule has 1 aliphatic carbocycles. The molecular formula is C21H29N3O6. The van der Waals surface area contributed by atoms with Crippen LogP contribution in [-0.2, 0) is 14.3 Å². The quantitative estimate of drug-likeness (QED) is 0.407. The van der Waals surface area contributed by atoms with Gasteiger partial charge in [0, 0.05) is 6.07 Å². The summed E-state index contributed by atoms with van der Waals surface area (Å²) >= 11 is 0. The van der Waals surface area contributed by atoms with Crippen LogP contribution in [0.2, 0.25) is 0 Å². The lowest BCUT2D eigenvalue weighted by Crippen LogP contribution is -2.48. The van der Waals surface area contributed by atoms with Crippen LogP contribution < -0.4 is 9.64 Å². The van der Waals surface area contributed by atoms with E-state index in [0.717, 1.165) is 30.6 Å². The molecule has 3 rings (SSSR count). The van der Waals surface area contributed by atoms with Crippen LogP contribution in [0, 0.1) is 21.4 Å². The molecule has 164 valence electrons. The molecule has 9 heteroatoms. The summed E-state index contributed by atoms with van der Waals surface area (Å²) in [4.78, 5) is 40.9. The Hall–Kier alpha value is -2.71. The maximum Gasteiger partial charge on any atom is 0.366 e. The fourth-order valence-corrected chi connectivity index (χ4v) is 4.10. The normalized spacial score (nSPS) is 24.1. The Labute approximate surface area is 175 Å². The average molecular weight is 419 g/mol. The average Bonchev–Trinajstić information content (AvgIpc) is 2.69. The monoisotopic (exact) mass is 419 g/mol. The molecule has 1 aliphatic heterocycles. The van der Waals surface area contributed by atoms with Crippen LogP contribution in [0.5, 0.6) is 5.75 Å². The van der Waals surface area contributed by atoms with Gasteiger partial charge in [-0.1, -0.05) is 27.7 Å². The van der Waals surface area contributed by atoms with Gasteiger partial charge in [0.05, 0.1) is 0 Å². The van der Waals surface area contributed by atoms with E-state index in [2.05, 4.69) is 25.8 Å². The summed E-state index contributed by atoms with van der Waals surface area (Å²) in [7, 11) is 0. The van der Waals surface area contributed by atoms with Gasteiger partial charge in [-0.3, -0.25) is 14.5 Å². The van der Waals surface area contributed by atoms with Crippen LogP contribution in [0.25, 0.3) is 0 Å². The predicted molar refractivity (Wildman–Crippen MR) is 109 cm³/mol. The first-order valence-corrected chi connectivity index (χ1v) is 10.4. The first-order valence-electron chi connectivity index (χ1n) is 10.4. The number of nitro groups is 1. The number of rotatable bonds is 5. The summed E-state index contributed by atoms with van der Waals surface area (Å²) in [6, 6.07) is 2.62. The molecule has 1 fully saturated rings. The number of ether oxygens (including phenoxy) is 2. The van der Waals surface area contributed by atoms with E-state index in [1.807, 2.05) is 0 Å². The number of hydrogen-bond acceptors (Lipinski definition) is 7. The molecule has 1 atom stereocenters. The van der Waals surface area contributed by atoms with Crippen molar-refractivity contribution >= 4 is 23.5 Å². The van der Waals surface area contributed by atoms with E-state index >= 15 is 0 Å². The first kappa shape index (κ1) is 22.0. The smallest absolute Gasteiger partial charge is 0.366 e. The van der Waals surface area contributed by atoms with Crippen molar-refractivity contribution in [1.82, 2.24) is 4.98 Å². The van der Waals surface area contributed by atoms with Crippen molar-refractivity contribution in [2.45, 2.75) is 72.0 Å². The SMILES string of the molecule is CCC1Oc2ccc([N+](=O)[O-])nc2N(CC(=O)OC2CCC(C(C)(C)C)CC2)C1=O. The fraction of sp³-hybridized carbons (Fsp3) is 0.667. The molecule has 1 unspecified atom stereocenters. The minimum Gasteiger partial charge on any atom is -0.474 e. The van der Waals surface area contributed by atoms with Crippen molar-refractivity contribution < 1.29 is 24.0 Å². The number of carbonyl (C=O) groups excluding carboxylic acids is 2. The second-order valence-electron chi connectivity index (χ2n) is 9.02. The molecule has 0 spiro atoms. The molecule has 0 radical (unpaired) electrons. The molecular weight excluding hydrogens is 390 g/mol. The number of amides is 1. The number of hydrogen-bond donors (Lipinski definition) is 0. The summed E-state index contributed by atoms with van der Waals surface area (Å²) in [5.74, 6) is -0.600. The van der Waals surface area contributed by atoms with Gasteiger partial charge in [-0.2, -0.15) is 0 Å². The van der Waals surface area contributed by atoms with Gasteiger partial charge in [0.25, 0.3) is 11.7 Å². The van der Waals surface area contributed by atoms with Crippen molar-refractivity contribution in [3.63, 3.8) is 0 Å². The summed E-state index contributed by atoms with van der Waals surface area (Å²) in [6.45, 7) is 8.11. The highest BCUT2D eigenvalue weighted by Gasteiger charge is 2.40. The Morgan fingerprint density at radius 1 is 1.30 bits per heavy atom.